The Labute approximate surface area is 132 Å². The number of alkyl halides is 3. The number of halogens is 4. The molecule has 0 saturated heterocycles. The molecule has 118 valence electrons. The van der Waals surface area contributed by atoms with Crippen LogP contribution < -0.4 is 5.56 Å². The lowest BCUT2D eigenvalue weighted by Crippen LogP contribution is -2.19. The monoisotopic (exact) mass is 349 g/mol. The normalized spacial score (nSPS) is 11.9. The number of carbonyl (C=O) groups excluding carboxylic acids is 1. The van der Waals surface area contributed by atoms with Gasteiger partial charge in [0.15, 0.2) is 5.78 Å². The number of hydrogen-bond acceptors (Lipinski definition) is 3. The van der Waals surface area contributed by atoms with Crippen molar-refractivity contribution in [1.82, 2.24) is 4.98 Å². The maximum Gasteiger partial charge on any atom is 0.393 e. The molecule has 1 heterocycles. The molecule has 1 aromatic carbocycles. The number of aromatic nitrogens is 1. The Hall–Kier alpha value is -1.47. The first-order valence-electron chi connectivity index (χ1n) is 6.14. The fourth-order valence-electron chi connectivity index (χ4n) is 2.29. The molecule has 0 amide bonds. The standard InChI is InChI=1S/C14H11ClF3NO2S/c1-6(20)10-12(22-2)9-4-8(15)3-7(5-14(16,17)18)11(9)19-13(10)21/h3-4H,5H2,1-2H3,(H,19,21). The molecule has 0 fully saturated rings. The van der Waals surface area contributed by atoms with Gasteiger partial charge in [0.2, 0.25) is 0 Å². The molecule has 0 atom stereocenters. The van der Waals surface area contributed by atoms with Crippen LogP contribution in [-0.2, 0) is 6.42 Å². The van der Waals surface area contributed by atoms with Crippen LogP contribution in [0.3, 0.4) is 0 Å². The molecule has 0 bridgehead atoms. The molecule has 1 N–H and O–H groups in total. The summed E-state index contributed by atoms with van der Waals surface area (Å²) in [6.45, 7) is 1.23. The van der Waals surface area contributed by atoms with Crippen molar-refractivity contribution in [2.24, 2.45) is 0 Å². The van der Waals surface area contributed by atoms with E-state index in [0.29, 0.717) is 10.3 Å². The number of aromatic amines is 1. The molecule has 2 aromatic rings. The van der Waals surface area contributed by atoms with Crippen LogP contribution in [0.1, 0.15) is 22.8 Å². The van der Waals surface area contributed by atoms with Crippen LogP contribution in [-0.4, -0.2) is 23.2 Å². The lowest BCUT2D eigenvalue weighted by Gasteiger charge is -2.14. The van der Waals surface area contributed by atoms with Gasteiger partial charge in [0.05, 0.1) is 17.5 Å². The SMILES string of the molecule is CSc1c(C(C)=O)c(=O)[nH]c2c(CC(F)(F)F)cc(Cl)cc12. The van der Waals surface area contributed by atoms with Crippen molar-refractivity contribution < 1.29 is 18.0 Å². The maximum atomic E-state index is 12.7. The van der Waals surface area contributed by atoms with Gasteiger partial charge in [-0.2, -0.15) is 13.2 Å². The van der Waals surface area contributed by atoms with E-state index in [-0.39, 0.29) is 21.7 Å². The third kappa shape index (κ3) is 3.30. The second kappa shape index (κ2) is 5.96. The van der Waals surface area contributed by atoms with Crippen LogP contribution in [0.5, 0.6) is 0 Å². The fourth-order valence-corrected chi connectivity index (χ4v) is 3.35. The van der Waals surface area contributed by atoms with Crippen molar-refractivity contribution in [3.63, 3.8) is 0 Å². The number of benzene rings is 1. The van der Waals surface area contributed by atoms with Crippen LogP contribution in [0.25, 0.3) is 10.9 Å². The highest BCUT2D eigenvalue weighted by Gasteiger charge is 2.29. The molecule has 8 heteroatoms. The van der Waals surface area contributed by atoms with Crippen LogP contribution in [0.15, 0.2) is 21.8 Å². The van der Waals surface area contributed by atoms with Gasteiger partial charge in [-0.1, -0.05) is 11.6 Å². The van der Waals surface area contributed by atoms with E-state index in [0.717, 1.165) is 11.8 Å². The zero-order chi connectivity index (χ0) is 16.7. The Balaban J connectivity index is 2.90. The summed E-state index contributed by atoms with van der Waals surface area (Å²) in [5, 5.41) is 0.452. The van der Waals surface area contributed by atoms with E-state index in [4.69, 9.17) is 11.6 Å². The zero-order valence-corrected chi connectivity index (χ0v) is 13.2. The van der Waals surface area contributed by atoms with Crippen LogP contribution in [0, 0.1) is 0 Å². The molecule has 0 saturated carbocycles. The molecule has 0 spiro atoms. The summed E-state index contributed by atoms with van der Waals surface area (Å²) in [4.78, 5) is 26.4. The molecule has 0 unspecified atom stereocenters. The van der Waals surface area contributed by atoms with Crippen molar-refractivity contribution in [3.8, 4) is 0 Å². The summed E-state index contributed by atoms with van der Waals surface area (Å²) < 4.78 is 38.1. The predicted molar refractivity (Wildman–Crippen MR) is 81.1 cm³/mol. The van der Waals surface area contributed by atoms with E-state index in [1.54, 1.807) is 6.26 Å². The largest absolute Gasteiger partial charge is 0.393 e. The maximum absolute atomic E-state index is 12.7. The van der Waals surface area contributed by atoms with Gasteiger partial charge >= 0.3 is 6.18 Å². The topological polar surface area (TPSA) is 49.9 Å². The van der Waals surface area contributed by atoms with Gasteiger partial charge in [-0.3, -0.25) is 9.59 Å². The quantitative estimate of drug-likeness (QED) is 0.667. The molecule has 0 aliphatic rings. The summed E-state index contributed by atoms with van der Waals surface area (Å²) in [6, 6.07) is 2.62. The average molecular weight is 350 g/mol. The highest BCUT2D eigenvalue weighted by molar-refractivity contribution is 7.99. The van der Waals surface area contributed by atoms with E-state index < -0.39 is 23.9 Å². The van der Waals surface area contributed by atoms with Gasteiger partial charge in [0.1, 0.15) is 0 Å². The van der Waals surface area contributed by atoms with Crippen LogP contribution >= 0.6 is 23.4 Å². The minimum atomic E-state index is -4.44. The predicted octanol–water partition coefficient (Wildman–Crippen LogP) is 4.21. The smallest absolute Gasteiger partial charge is 0.321 e. The summed E-state index contributed by atoms with van der Waals surface area (Å²) in [5.41, 5.74) is -0.839. The molecule has 1 aromatic heterocycles. The number of pyridine rings is 1. The van der Waals surface area contributed by atoms with Gasteiger partial charge < -0.3 is 4.98 Å². The van der Waals surface area contributed by atoms with Gasteiger partial charge in [0.25, 0.3) is 5.56 Å². The first-order chi connectivity index (χ1) is 10.1. The highest BCUT2D eigenvalue weighted by atomic mass is 35.5. The molecular formula is C14H11ClF3NO2S. The van der Waals surface area contributed by atoms with Crippen LogP contribution in [0.2, 0.25) is 5.02 Å². The molecule has 0 radical (unpaired) electrons. The highest BCUT2D eigenvalue weighted by Crippen LogP contribution is 2.34. The molecule has 22 heavy (non-hydrogen) atoms. The number of rotatable bonds is 3. The van der Waals surface area contributed by atoms with Crippen LogP contribution in [0.4, 0.5) is 13.2 Å². The Morgan fingerprint density at radius 2 is 2.00 bits per heavy atom. The Morgan fingerprint density at radius 3 is 2.50 bits per heavy atom. The molecule has 0 aliphatic carbocycles. The number of fused-ring (bicyclic) bond motifs is 1. The number of ketones is 1. The van der Waals surface area contributed by atoms with Crippen molar-refractivity contribution in [2.45, 2.75) is 24.4 Å². The summed E-state index contributed by atoms with van der Waals surface area (Å²) in [7, 11) is 0. The third-order valence-corrected chi connectivity index (χ3v) is 4.12. The summed E-state index contributed by atoms with van der Waals surface area (Å²) >= 11 is 7.02. The third-order valence-electron chi connectivity index (χ3n) is 3.07. The van der Waals surface area contributed by atoms with E-state index in [9.17, 15) is 22.8 Å². The zero-order valence-electron chi connectivity index (χ0n) is 11.6. The number of carbonyl (C=O) groups is 1. The minimum absolute atomic E-state index is 0.0566. The molecule has 3 nitrogen and oxygen atoms in total. The summed E-state index contributed by atoms with van der Waals surface area (Å²) in [6.07, 6.45) is -4.01. The molecular weight excluding hydrogens is 339 g/mol. The average Bonchev–Trinajstić information content (AvgIpc) is 2.35. The van der Waals surface area contributed by atoms with Gasteiger partial charge in [-0.15, -0.1) is 11.8 Å². The number of hydrogen-bond donors (Lipinski definition) is 1. The minimum Gasteiger partial charge on any atom is -0.321 e. The van der Waals surface area contributed by atoms with E-state index in [1.807, 2.05) is 0 Å². The Morgan fingerprint density at radius 1 is 1.36 bits per heavy atom. The lowest BCUT2D eigenvalue weighted by molar-refractivity contribution is -0.127. The second-order valence-electron chi connectivity index (χ2n) is 4.70. The van der Waals surface area contributed by atoms with E-state index >= 15 is 0 Å². The lowest BCUT2D eigenvalue weighted by atomic mass is 10.0. The number of nitrogens with one attached hydrogen (secondary N) is 1. The fraction of sp³-hybridized carbons (Fsp3) is 0.286. The second-order valence-corrected chi connectivity index (χ2v) is 5.95. The Bertz CT molecular complexity index is 814. The van der Waals surface area contributed by atoms with E-state index in [1.165, 1.54) is 19.1 Å². The summed E-state index contributed by atoms with van der Waals surface area (Å²) in [5.74, 6) is -0.454. The first kappa shape index (κ1) is 16.9. The van der Waals surface area contributed by atoms with Crippen molar-refractivity contribution in [3.05, 3.63) is 38.6 Å². The van der Waals surface area contributed by atoms with Crippen molar-refractivity contribution >= 4 is 40.0 Å². The molecule has 0 aliphatic heterocycles. The van der Waals surface area contributed by atoms with Gasteiger partial charge in [0, 0.05) is 15.3 Å². The van der Waals surface area contributed by atoms with Gasteiger partial charge in [-0.25, -0.2) is 0 Å². The van der Waals surface area contributed by atoms with Crippen molar-refractivity contribution in [2.75, 3.05) is 6.26 Å². The number of H-pyrrole nitrogens is 1. The first-order valence-corrected chi connectivity index (χ1v) is 7.74. The number of Topliss-reactive ketones (excluding diaryl/α,β-unsaturated/α-hetero) is 1. The van der Waals surface area contributed by atoms with Crippen molar-refractivity contribution in [1.29, 1.82) is 0 Å². The van der Waals surface area contributed by atoms with Gasteiger partial charge in [-0.05, 0) is 30.9 Å². The molecule has 2 rings (SSSR count). The number of thioether (sulfide) groups is 1. The van der Waals surface area contributed by atoms with E-state index in [2.05, 4.69) is 4.98 Å². The Kier molecular flexibility index (Phi) is 4.58.